The molecule has 1 N–H and O–H groups in total. The molecule has 0 unspecified atom stereocenters. The Labute approximate surface area is 59.8 Å². The van der Waals surface area contributed by atoms with Gasteiger partial charge in [-0.25, -0.2) is 0 Å². The first-order valence-electron chi connectivity index (χ1n) is 3.24. The van der Waals surface area contributed by atoms with Crippen LogP contribution in [0.15, 0.2) is 28.9 Å². The molecule has 10 heavy (non-hydrogen) atoms. The molecule has 0 amide bonds. The molecule has 1 rings (SSSR count). The maximum atomic E-state index is 8.41. The van der Waals surface area contributed by atoms with Gasteiger partial charge in [0.15, 0.2) is 0 Å². The zero-order valence-corrected chi connectivity index (χ0v) is 5.66. The Morgan fingerprint density at radius 1 is 1.60 bits per heavy atom. The van der Waals surface area contributed by atoms with Gasteiger partial charge < -0.3 is 9.52 Å². The monoisotopic (exact) mass is 138 g/mol. The van der Waals surface area contributed by atoms with E-state index in [1.807, 2.05) is 24.3 Å². The first-order valence-corrected chi connectivity index (χ1v) is 3.24. The molecule has 2 nitrogen and oxygen atoms in total. The van der Waals surface area contributed by atoms with Crippen molar-refractivity contribution < 1.29 is 9.52 Å². The first kappa shape index (κ1) is 7.09. The summed E-state index contributed by atoms with van der Waals surface area (Å²) in [7, 11) is 0. The van der Waals surface area contributed by atoms with Crippen molar-refractivity contribution in [3.05, 3.63) is 30.2 Å². The second-order valence-electron chi connectivity index (χ2n) is 1.93. The van der Waals surface area contributed by atoms with E-state index in [-0.39, 0.29) is 6.61 Å². The van der Waals surface area contributed by atoms with E-state index in [0.717, 1.165) is 5.76 Å². The van der Waals surface area contributed by atoms with Crippen LogP contribution in [-0.4, -0.2) is 11.7 Å². The number of hydrogen-bond acceptors (Lipinski definition) is 2. The van der Waals surface area contributed by atoms with Gasteiger partial charge in [-0.15, -0.1) is 0 Å². The van der Waals surface area contributed by atoms with E-state index in [4.69, 9.17) is 9.52 Å². The third-order valence-electron chi connectivity index (χ3n) is 1.12. The molecule has 0 spiro atoms. The quantitative estimate of drug-likeness (QED) is 0.689. The smallest absolute Gasteiger partial charge is 0.126 e. The van der Waals surface area contributed by atoms with Gasteiger partial charge in [0.05, 0.1) is 6.26 Å². The molecule has 1 heterocycles. The van der Waals surface area contributed by atoms with Crippen LogP contribution < -0.4 is 0 Å². The van der Waals surface area contributed by atoms with Crippen LogP contribution in [0.4, 0.5) is 0 Å². The predicted octanol–water partition coefficient (Wildman–Crippen LogP) is 1.68. The Balaban J connectivity index is 2.40. The number of aliphatic hydroxyl groups is 1. The summed E-state index contributed by atoms with van der Waals surface area (Å²) >= 11 is 0. The molecular formula is C8H10O2. The van der Waals surface area contributed by atoms with Crippen LogP contribution in [-0.2, 0) is 0 Å². The van der Waals surface area contributed by atoms with E-state index in [1.54, 1.807) is 6.26 Å². The fourth-order valence-corrected chi connectivity index (χ4v) is 0.660. The van der Waals surface area contributed by atoms with Crippen molar-refractivity contribution >= 4 is 6.08 Å². The van der Waals surface area contributed by atoms with Crippen molar-refractivity contribution in [2.24, 2.45) is 0 Å². The van der Waals surface area contributed by atoms with Crippen LogP contribution in [0.25, 0.3) is 6.08 Å². The standard InChI is InChI=1S/C8H10O2/c9-6-2-1-4-8-5-3-7-10-8/h1,3-5,7,9H,2,6H2. The summed E-state index contributed by atoms with van der Waals surface area (Å²) < 4.78 is 5.01. The molecule has 0 radical (unpaired) electrons. The summed E-state index contributed by atoms with van der Waals surface area (Å²) in [6.07, 6.45) is 6.02. The van der Waals surface area contributed by atoms with Gasteiger partial charge in [0.2, 0.25) is 0 Å². The Morgan fingerprint density at radius 2 is 2.50 bits per heavy atom. The van der Waals surface area contributed by atoms with Crippen LogP contribution in [0.2, 0.25) is 0 Å². The number of furan rings is 1. The van der Waals surface area contributed by atoms with Gasteiger partial charge in [-0.1, -0.05) is 6.08 Å². The zero-order valence-electron chi connectivity index (χ0n) is 5.66. The normalized spacial score (nSPS) is 10.9. The van der Waals surface area contributed by atoms with E-state index in [0.29, 0.717) is 6.42 Å². The molecule has 1 aromatic rings. The molecule has 0 fully saturated rings. The molecule has 0 atom stereocenters. The van der Waals surface area contributed by atoms with Crippen molar-refractivity contribution in [1.29, 1.82) is 0 Å². The molecule has 2 heteroatoms. The van der Waals surface area contributed by atoms with Crippen LogP contribution in [0, 0.1) is 0 Å². The maximum absolute atomic E-state index is 8.41. The Morgan fingerprint density at radius 3 is 3.10 bits per heavy atom. The predicted molar refractivity (Wildman–Crippen MR) is 39.4 cm³/mol. The highest BCUT2D eigenvalue weighted by Crippen LogP contribution is 2.02. The lowest BCUT2D eigenvalue weighted by atomic mass is 10.3. The number of hydrogen-bond donors (Lipinski definition) is 1. The first-order chi connectivity index (χ1) is 4.93. The highest BCUT2D eigenvalue weighted by atomic mass is 16.3. The molecule has 1 aromatic heterocycles. The molecule has 0 bridgehead atoms. The Bertz CT molecular complexity index is 187. The van der Waals surface area contributed by atoms with Gasteiger partial charge in [-0.2, -0.15) is 0 Å². The van der Waals surface area contributed by atoms with Crippen molar-refractivity contribution in [1.82, 2.24) is 0 Å². The summed E-state index contributed by atoms with van der Waals surface area (Å²) in [6, 6.07) is 3.70. The lowest BCUT2D eigenvalue weighted by Gasteiger charge is -1.82. The second-order valence-corrected chi connectivity index (χ2v) is 1.93. The summed E-state index contributed by atoms with van der Waals surface area (Å²) in [5, 5.41) is 8.41. The zero-order chi connectivity index (χ0) is 7.23. The van der Waals surface area contributed by atoms with Gasteiger partial charge in [-0.05, 0) is 24.6 Å². The van der Waals surface area contributed by atoms with E-state index in [2.05, 4.69) is 0 Å². The number of aliphatic hydroxyl groups excluding tert-OH is 1. The largest absolute Gasteiger partial charge is 0.465 e. The topological polar surface area (TPSA) is 33.4 Å². The fourth-order valence-electron chi connectivity index (χ4n) is 0.660. The van der Waals surface area contributed by atoms with Gasteiger partial charge in [-0.3, -0.25) is 0 Å². The van der Waals surface area contributed by atoms with Gasteiger partial charge in [0.1, 0.15) is 5.76 Å². The minimum atomic E-state index is 0.192. The van der Waals surface area contributed by atoms with E-state index >= 15 is 0 Å². The fraction of sp³-hybridized carbons (Fsp3) is 0.250. The summed E-state index contributed by atoms with van der Waals surface area (Å²) in [6.45, 7) is 0.192. The summed E-state index contributed by atoms with van der Waals surface area (Å²) in [4.78, 5) is 0. The average Bonchev–Trinajstić information content (AvgIpc) is 2.41. The van der Waals surface area contributed by atoms with Gasteiger partial charge >= 0.3 is 0 Å². The van der Waals surface area contributed by atoms with E-state index in [1.165, 1.54) is 0 Å². The third kappa shape index (κ3) is 2.07. The minimum Gasteiger partial charge on any atom is -0.465 e. The van der Waals surface area contributed by atoms with Crippen molar-refractivity contribution in [2.45, 2.75) is 6.42 Å². The van der Waals surface area contributed by atoms with Crippen molar-refractivity contribution in [3.63, 3.8) is 0 Å². The van der Waals surface area contributed by atoms with E-state index in [9.17, 15) is 0 Å². The molecule has 54 valence electrons. The maximum Gasteiger partial charge on any atom is 0.126 e. The highest BCUT2D eigenvalue weighted by Gasteiger charge is 1.84. The van der Waals surface area contributed by atoms with Crippen LogP contribution >= 0.6 is 0 Å². The molecule has 0 saturated carbocycles. The summed E-state index contributed by atoms with van der Waals surface area (Å²) in [5.74, 6) is 0.827. The van der Waals surface area contributed by atoms with Gasteiger partial charge in [0, 0.05) is 6.61 Å². The van der Waals surface area contributed by atoms with Crippen molar-refractivity contribution in [3.8, 4) is 0 Å². The third-order valence-corrected chi connectivity index (χ3v) is 1.12. The molecule has 0 aliphatic heterocycles. The minimum absolute atomic E-state index is 0.192. The SMILES string of the molecule is OCCC=Cc1ccco1. The van der Waals surface area contributed by atoms with Crippen molar-refractivity contribution in [2.75, 3.05) is 6.61 Å². The number of rotatable bonds is 3. The molecule has 0 aromatic carbocycles. The van der Waals surface area contributed by atoms with Crippen LogP contribution in [0.5, 0.6) is 0 Å². The lowest BCUT2D eigenvalue weighted by Crippen LogP contribution is -1.74. The van der Waals surface area contributed by atoms with Gasteiger partial charge in [0.25, 0.3) is 0 Å². The Kier molecular flexibility index (Phi) is 2.77. The average molecular weight is 138 g/mol. The highest BCUT2D eigenvalue weighted by molar-refractivity contribution is 5.41. The molecule has 0 aliphatic rings. The van der Waals surface area contributed by atoms with E-state index < -0.39 is 0 Å². The second kappa shape index (κ2) is 3.90. The molecular weight excluding hydrogens is 128 g/mol. The lowest BCUT2D eigenvalue weighted by molar-refractivity contribution is 0.303. The molecule has 0 aliphatic carbocycles. The summed E-state index contributed by atoms with van der Waals surface area (Å²) in [5.41, 5.74) is 0. The Hall–Kier alpha value is -1.02. The van der Waals surface area contributed by atoms with Crippen LogP contribution in [0.3, 0.4) is 0 Å². The van der Waals surface area contributed by atoms with Crippen LogP contribution in [0.1, 0.15) is 12.2 Å². The molecule has 0 saturated heterocycles.